The number of halogens is 4. The number of benzene rings is 1. The molecule has 0 aliphatic heterocycles. The molecule has 0 spiro atoms. The minimum absolute atomic E-state index is 0.0529. The normalized spacial score (nSPS) is 10.5. The van der Waals surface area contributed by atoms with Gasteiger partial charge in [0.05, 0.1) is 0 Å². The van der Waals surface area contributed by atoms with E-state index in [-0.39, 0.29) is 6.07 Å². The summed E-state index contributed by atoms with van der Waals surface area (Å²) in [6.45, 7) is -0.840. The molecule has 0 atom stereocenters. The predicted octanol–water partition coefficient (Wildman–Crippen LogP) is 1.95. The van der Waals surface area contributed by atoms with Gasteiger partial charge in [-0.25, -0.2) is 18.1 Å². The summed E-state index contributed by atoms with van der Waals surface area (Å²) in [4.78, 5) is 24.5. The van der Waals surface area contributed by atoms with Crippen LogP contribution in [0.25, 0.3) is 0 Å². The maximum Gasteiger partial charge on any atom is 0.435 e. The molecule has 0 saturated carbocycles. The van der Waals surface area contributed by atoms with E-state index in [2.05, 4.69) is 9.72 Å². The van der Waals surface area contributed by atoms with Crippen LogP contribution < -0.4 is 4.74 Å². The Morgan fingerprint density at radius 2 is 1.86 bits per heavy atom. The fourth-order valence-electron chi connectivity index (χ4n) is 1.52. The third-order valence-electron chi connectivity index (χ3n) is 2.44. The maximum atomic E-state index is 13.3. The molecule has 0 fully saturated rings. The van der Waals surface area contributed by atoms with Crippen molar-refractivity contribution in [3.63, 3.8) is 0 Å². The molecule has 0 N–H and O–H groups in total. The zero-order valence-corrected chi connectivity index (χ0v) is 10.4. The SMILES string of the molecule is O=C(Cn1ccnc1[N+](=O)[O-])Oc1c(F)c(F)cc(F)c1F. The lowest BCUT2D eigenvalue weighted by molar-refractivity contribution is -0.396. The van der Waals surface area contributed by atoms with Gasteiger partial charge in [-0.1, -0.05) is 4.98 Å². The van der Waals surface area contributed by atoms with Crippen molar-refractivity contribution in [3.8, 4) is 5.75 Å². The number of esters is 1. The number of carbonyl (C=O) groups excluding carboxylic acids is 1. The fourth-order valence-corrected chi connectivity index (χ4v) is 1.52. The van der Waals surface area contributed by atoms with E-state index in [1.54, 1.807) is 0 Å². The molecule has 2 rings (SSSR count). The number of carbonyl (C=O) groups is 1. The minimum atomic E-state index is -1.90. The second-order valence-corrected chi connectivity index (χ2v) is 3.88. The molecule has 0 bridgehead atoms. The quantitative estimate of drug-likeness (QED) is 0.215. The van der Waals surface area contributed by atoms with Crippen molar-refractivity contribution < 1.29 is 32.0 Å². The number of imidazole rings is 1. The number of hydrogen-bond acceptors (Lipinski definition) is 5. The zero-order chi connectivity index (χ0) is 16.4. The summed E-state index contributed by atoms with van der Waals surface area (Å²) in [5, 5.41) is 10.6. The van der Waals surface area contributed by atoms with Crippen molar-refractivity contribution in [1.29, 1.82) is 0 Å². The van der Waals surface area contributed by atoms with Crippen LogP contribution in [0.1, 0.15) is 0 Å². The molecular formula is C11H5F4N3O4. The van der Waals surface area contributed by atoms with Crippen LogP contribution in [0.2, 0.25) is 0 Å². The van der Waals surface area contributed by atoms with Gasteiger partial charge in [0.1, 0.15) is 12.4 Å². The molecule has 0 amide bonds. The van der Waals surface area contributed by atoms with Crippen molar-refractivity contribution in [2.75, 3.05) is 0 Å². The highest BCUT2D eigenvalue weighted by Crippen LogP contribution is 2.26. The Morgan fingerprint density at radius 3 is 2.41 bits per heavy atom. The molecule has 0 aliphatic carbocycles. The van der Waals surface area contributed by atoms with Gasteiger partial charge in [-0.05, 0) is 4.92 Å². The number of hydrogen-bond donors (Lipinski definition) is 0. The Labute approximate surface area is 118 Å². The van der Waals surface area contributed by atoms with Gasteiger partial charge < -0.3 is 14.9 Å². The Bertz CT molecular complexity index is 736. The predicted molar refractivity (Wildman–Crippen MR) is 60.8 cm³/mol. The van der Waals surface area contributed by atoms with Gasteiger partial charge in [-0.2, -0.15) is 8.78 Å². The number of aromatic nitrogens is 2. The van der Waals surface area contributed by atoms with E-state index in [9.17, 15) is 32.5 Å². The first-order valence-corrected chi connectivity index (χ1v) is 5.50. The van der Waals surface area contributed by atoms with Crippen molar-refractivity contribution in [2.24, 2.45) is 0 Å². The molecule has 1 aromatic heterocycles. The van der Waals surface area contributed by atoms with Crippen LogP contribution in [0.15, 0.2) is 18.5 Å². The summed E-state index contributed by atoms with van der Waals surface area (Å²) >= 11 is 0. The molecule has 1 aromatic carbocycles. The second-order valence-electron chi connectivity index (χ2n) is 3.88. The highest BCUT2D eigenvalue weighted by Gasteiger charge is 2.25. The lowest BCUT2D eigenvalue weighted by Crippen LogP contribution is -2.19. The average molecular weight is 319 g/mol. The van der Waals surface area contributed by atoms with Gasteiger partial charge in [0, 0.05) is 6.07 Å². The minimum Gasteiger partial charge on any atom is -0.418 e. The Kier molecular flexibility index (Phi) is 4.06. The van der Waals surface area contributed by atoms with Crippen LogP contribution in [-0.2, 0) is 11.3 Å². The summed E-state index contributed by atoms with van der Waals surface area (Å²) in [6, 6.07) is -0.0529. The van der Waals surface area contributed by atoms with E-state index >= 15 is 0 Å². The van der Waals surface area contributed by atoms with E-state index in [0.717, 1.165) is 12.4 Å². The standard InChI is InChI=1S/C11H5F4N3O4/c12-5-3-6(13)9(15)10(8(5)14)22-7(19)4-17-2-1-16-11(17)18(20)21/h1-3H,4H2. The van der Waals surface area contributed by atoms with Crippen molar-refractivity contribution in [2.45, 2.75) is 6.54 Å². The molecule has 2 aromatic rings. The molecule has 116 valence electrons. The van der Waals surface area contributed by atoms with Crippen LogP contribution in [0, 0.1) is 33.4 Å². The molecular weight excluding hydrogens is 314 g/mol. The van der Waals surface area contributed by atoms with Crippen LogP contribution in [0.4, 0.5) is 23.5 Å². The third kappa shape index (κ3) is 2.87. The molecule has 0 saturated heterocycles. The largest absolute Gasteiger partial charge is 0.435 e. The third-order valence-corrected chi connectivity index (χ3v) is 2.44. The number of nitro groups is 1. The van der Waals surface area contributed by atoms with E-state index in [1.165, 1.54) is 0 Å². The highest BCUT2D eigenvalue weighted by molar-refractivity contribution is 5.72. The summed E-state index contributed by atoms with van der Waals surface area (Å²) in [5.74, 6) is -11.0. The lowest BCUT2D eigenvalue weighted by atomic mass is 10.3. The van der Waals surface area contributed by atoms with E-state index < -0.39 is 52.4 Å². The first-order chi connectivity index (χ1) is 10.3. The van der Waals surface area contributed by atoms with Crippen molar-refractivity contribution in [3.05, 3.63) is 51.8 Å². The molecule has 1 heterocycles. The van der Waals surface area contributed by atoms with Gasteiger partial charge in [0.15, 0.2) is 18.2 Å². The maximum absolute atomic E-state index is 13.3. The molecule has 11 heteroatoms. The van der Waals surface area contributed by atoms with Gasteiger partial charge in [-0.15, -0.1) is 0 Å². The van der Waals surface area contributed by atoms with Crippen LogP contribution in [-0.4, -0.2) is 20.4 Å². The van der Waals surface area contributed by atoms with Crippen molar-refractivity contribution in [1.82, 2.24) is 9.55 Å². The summed E-state index contributed by atoms with van der Waals surface area (Å²) in [5.41, 5.74) is 0. The molecule has 22 heavy (non-hydrogen) atoms. The van der Waals surface area contributed by atoms with E-state index in [1.807, 2.05) is 0 Å². The molecule has 0 unspecified atom stereocenters. The van der Waals surface area contributed by atoms with Gasteiger partial charge in [0.25, 0.3) is 0 Å². The first kappa shape index (κ1) is 15.4. The summed E-state index contributed by atoms with van der Waals surface area (Å²) in [7, 11) is 0. The molecule has 7 nitrogen and oxygen atoms in total. The fraction of sp³-hybridized carbons (Fsp3) is 0.0909. The Hall–Kier alpha value is -2.98. The van der Waals surface area contributed by atoms with E-state index in [4.69, 9.17) is 0 Å². The molecule has 0 radical (unpaired) electrons. The van der Waals surface area contributed by atoms with Gasteiger partial charge in [-0.3, -0.25) is 0 Å². The van der Waals surface area contributed by atoms with Gasteiger partial charge in [0.2, 0.25) is 17.4 Å². The van der Waals surface area contributed by atoms with Crippen molar-refractivity contribution >= 4 is 11.9 Å². The van der Waals surface area contributed by atoms with Crippen LogP contribution >= 0.6 is 0 Å². The number of ether oxygens (including phenoxy) is 1. The average Bonchev–Trinajstić information content (AvgIpc) is 2.89. The number of rotatable bonds is 4. The van der Waals surface area contributed by atoms with Gasteiger partial charge >= 0.3 is 11.9 Å². The summed E-state index contributed by atoms with van der Waals surface area (Å²) in [6.07, 6.45) is 2.05. The highest BCUT2D eigenvalue weighted by atomic mass is 19.2. The smallest absolute Gasteiger partial charge is 0.418 e. The monoisotopic (exact) mass is 319 g/mol. The summed E-state index contributed by atoms with van der Waals surface area (Å²) < 4.78 is 57.4. The Morgan fingerprint density at radius 1 is 1.27 bits per heavy atom. The topological polar surface area (TPSA) is 87.3 Å². The first-order valence-electron chi connectivity index (χ1n) is 5.50. The zero-order valence-electron chi connectivity index (χ0n) is 10.4. The number of nitrogens with zero attached hydrogens (tertiary/aromatic N) is 3. The molecule has 0 aliphatic rings. The lowest BCUT2D eigenvalue weighted by Gasteiger charge is -2.07. The second kappa shape index (κ2) is 5.79. The van der Waals surface area contributed by atoms with Crippen LogP contribution in [0.5, 0.6) is 5.75 Å². The van der Waals surface area contributed by atoms with Crippen LogP contribution in [0.3, 0.4) is 0 Å². The Balaban J connectivity index is 2.23. The van der Waals surface area contributed by atoms with E-state index in [0.29, 0.717) is 4.57 Å².